The number of hydrogen-bond donors (Lipinski definition) is 1. The summed E-state index contributed by atoms with van der Waals surface area (Å²) in [5.41, 5.74) is 3.72. The topological polar surface area (TPSA) is 76.8 Å². The van der Waals surface area contributed by atoms with Crippen LogP contribution in [0.15, 0.2) is 35.7 Å². The molecular formula is C22H25N3O4S. The first-order chi connectivity index (χ1) is 14.6. The Morgan fingerprint density at radius 3 is 2.63 bits per heavy atom. The lowest BCUT2D eigenvalue weighted by Gasteiger charge is -2.27. The van der Waals surface area contributed by atoms with Crippen LogP contribution in [-0.4, -0.2) is 65.5 Å². The standard InChI is InChI=1S/C22H25N3O4S/c1-15-18(22(26)27)13-20(25(15)8-7-24-9-11-29-12-10-24)19-14-30-21(23-19)16-3-5-17(28-2)6-4-16/h3-6,13-14H,7-12H2,1-2H3,(H,26,27). The summed E-state index contributed by atoms with van der Waals surface area (Å²) in [4.78, 5) is 18.9. The molecule has 1 aliphatic rings. The third-order valence-electron chi connectivity index (χ3n) is 5.44. The zero-order valence-corrected chi connectivity index (χ0v) is 17.9. The number of carboxylic acids is 1. The van der Waals surface area contributed by atoms with Gasteiger partial charge in [-0.25, -0.2) is 9.78 Å². The van der Waals surface area contributed by atoms with Gasteiger partial charge in [-0.15, -0.1) is 11.3 Å². The smallest absolute Gasteiger partial charge is 0.337 e. The Balaban J connectivity index is 1.63. The van der Waals surface area contributed by atoms with Gasteiger partial charge in [0.1, 0.15) is 10.8 Å². The minimum absolute atomic E-state index is 0.325. The summed E-state index contributed by atoms with van der Waals surface area (Å²) in [6.45, 7) is 6.72. The minimum atomic E-state index is -0.913. The van der Waals surface area contributed by atoms with Crippen LogP contribution in [-0.2, 0) is 11.3 Å². The van der Waals surface area contributed by atoms with Crippen LogP contribution in [0, 0.1) is 6.92 Å². The number of methoxy groups -OCH3 is 1. The van der Waals surface area contributed by atoms with Crippen molar-refractivity contribution in [2.24, 2.45) is 0 Å². The Morgan fingerprint density at radius 2 is 1.97 bits per heavy atom. The van der Waals surface area contributed by atoms with Crippen molar-refractivity contribution in [3.05, 3.63) is 47.0 Å². The van der Waals surface area contributed by atoms with Gasteiger partial charge in [-0.1, -0.05) is 0 Å². The highest BCUT2D eigenvalue weighted by atomic mass is 32.1. The zero-order chi connectivity index (χ0) is 21.1. The van der Waals surface area contributed by atoms with Crippen LogP contribution in [0.25, 0.3) is 22.0 Å². The van der Waals surface area contributed by atoms with E-state index in [-0.39, 0.29) is 0 Å². The number of aromatic nitrogens is 2. The van der Waals surface area contributed by atoms with E-state index in [1.807, 2.05) is 36.6 Å². The number of hydrogen-bond acceptors (Lipinski definition) is 6. The van der Waals surface area contributed by atoms with E-state index in [1.54, 1.807) is 24.5 Å². The lowest BCUT2D eigenvalue weighted by Crippen LogP contribution is -2.38. The molecule has 0 bridgehead atoms. The van der Waals surface area contributed by atoms with Crippen LogP contribution in [0.3, 0.4) is 0 Å². The van der Waals surface area contributed by atoms with E-state index in [0.717, 1.165) is 66.3 Å². The Morgan fingerprint density at radius 1 is 1.23 bits per heavy atom. The molecule has 0 amide bonds. The maximum absolute atomic E-state index is 11.7. The minimum Gasteiger partial charge on any atom is -0.497 e. The van der Waals surface area contributed by atoms with Crippen molar-refractivity contribution in [1.29, 1.82) is 0 Å². The van der Waals surface area contributed by atoms with Gasteiger partial charge < -0.3 is 19.1 Å². The maximum atomic E-state index is 11.7. The predicted octanol–water partition coefficient (Wildman–Crippen LogP) is 3.63. The Hall–Kier alpha value is -2.68. The summed E-state index contributed by atoms with van der Waals surface area (Å²) in [7, 11) is 1.64. The molecule has 0 spiro atoms. The number of aromatic carboxylic acids is 1. The monoisotopic (exact) mass is 427 g/mol. The Kier molecular flexibility index (Phi) is 6.17. The van der Waals surface area contributed by atoms with Crippen molar-refractivity contribution in [1.82, 2.24) is 14.5 Å². The summed E-state index contributed by atoms with van der Waals surface area (Å²) in [5.74, 6) is -0.112. The summed E-state index contributed by atoms with van der Waals surface area (Å²) in [6, 6.07) is 9.52. The first-order valence-corrected chi connectivity index (χ1v) is 10.8. The first kappa shape index (κ1) is 20.6. The van der Waals surface area contributed by atoms with Crippen molar-refractivity contribution < 1.29 is 19.4 Å². The average Bonchev–Trinajstić information content (AvgIpc) is 3.38. The Bertz CT molecular complexity index is 1020. The Labute approximate surface area is 179 Å². The van der Waals surface area contributed by atoms with Crippen LogP contribution < -0.4 is 4.74 Å². The molecule has 1 fully saturated rings. The molecule has 1 aliphatic heterocycles. The molecule has 158 valence electrons. The van der Waals surface area contributed by atoms with E-state index >= 15 is 0 Å². The molecule has 0 unspecified atom stereocenters. The summed E-state index contributed by atoms with van der Waals surface area (Å²) >= 11 is 1.55. The fourth-order valence-electron chi connectivity index (χ4n) is 3.69. The highest BCUT2D eigenvalue weighted by Gasteiger charge is 2.21. The van der Waals surface area contributed by atoms with Crippen molar-refractivity contribution in [2.75, 3.05) is 40.0 Å². The van der Waals surface area contributed by atoms with Crippen LogP contribution in [0.4, 0.5) is 0 Å². The number of carbonyl (C=O) groups is 1. The van der Waals surface area contributed by atoms with Gasteiger partial charge in [-0.2, -0.15) is 0 Å². The lowest BCUT2D eigenvalue weighted by molar-refractivity contribution is 0.0364. The second kappa shape index (κ2) is 8.99. The molecule has 7 nitrogen and oxygen atoms in total. The van der Waals surface area contributed by atoms with Gasteiger partial charge in [0.05, 0.1) is 37.3 Å². The maximum Gasteiger partial charge on any atom is 0.337 e. The van der Waals surface area contributed by atoms with Gasteiger partial charge in [0.25, 0.3) is 0 Å². The molecule has 4 rings (SSSR count). The van der Waals surface area contributed by atoms with Gasteiger partial charge in [0, 0.05) is 42.8 Å². The molecule has 0 radical (unpaired) electrons. The first-order valence-electron chi connectivity index (χ1n) is 9.90. The SMILES string of the molecule is COc1ccc(-c2nc(-c3cc(C(=O)O)c(C)n3CCN3CCOCC3)cs2)cc1. The number of ether oxygens (including phenoxy) is 2. The quantitative estimate of drug-likeness (QED) is 0.621. The van der Waals surface area contributed by atoms with Gasteiger partial charge in [0.15, 0.2) is 0 Å². The zero-order valence-electron chi connectivity index (χ0n) is 17.1. The predicted molar refractivity (Wildman–Crippen MR) is 116 cm³/mol. The molecule has 0 aliphatic carbocycles. The summed E-state index contributed by atoms with van der Waals surface area (Å²) < 4.78 is 12.7. The van der Waals surface area contributed by atoms with E-state index in [0.29, 0.717) is 12.1 Å². The highest BCUT2D eigenvalue weighted by molar-refractivity contribution is 7.13. The van der Waals surface area contributed by atoms with Crippen LogP contribution in [0.1, 0.15) is 16.1 Å². The molecule has 3 aromatic rings. The van der Waals surface area contributed by atoms with E-state index in [9.17, 15) is 9.90 Å². The second-order valence-electron chi connectivity index (χ2n) is 7.21. The van der Waals surface area contributed by atoms with Crippen LogP contribution >= 0.6 is 11.3 Å². The second-order valence-corrected chi connectivity index (χ2v) is 8.06. The van der Waals surface area contributed by atoms with E-state index in [2.05, 4.69) is 9.47 Å². The van der Waals surface area contributed by atoms with E-state index in [4.69, 9.17) is 14.5 Å². The van der Waals surface area contributed by atoms with Crippen molar-refractivity contribution in [3.63, 3.8) is 0 Å². The largest absolute Gasteiger partial charge is 0.497 e. The number of nitrogens with zero attached hydrogens (tertiary/aromatic N) is 3. The summed E-state index contributed by atoms with van der Waals surface area (Å²) in [6.07, 6.45) is 0. The molecule has 0 saturated carbocycles. The number of benzene rings is 1. The molecule has 8 heteroatoms. The fourth-order valence-corrected chi connectivity index (χ4v) is 4.51. The highest BCUT2D eigenvalue weighted by Crippen LogP contribution is 2.32. The van der Waals surface area contributed by atoms with E-state index < -0.39 is 5.97 Å². The molecule has 3 heterocycles. The van der Waals surface area contributed by atoms with Crippen LogP contribution in [0.5, 0.6) is 5.75 Å². The van der Waals surface area contributed by atoms with Gasteiger partial charge in [-0.3, -0.25) is 4.90 Å². The molecule has 1 aromatic carbocycles. The lowest BCUT2D eigenvalue weighted by atomic mass is 10.2. The number of rotatable bonds is 7. The third-order valence-corrected chi connectivity index (χ3v) is 6.34. The third kappa shape index (κ3) is 4.26. The molecule has 30 heavy (non-hydrogen) atoms. The molecule has 2 aromatic heterocycles. The number of thiazole rings is 1. The van der Waals surface area contributed by atoms with Crippen molar-refractivity contribution in [2.45, 2.75) is 13.5 Å². The van der Waals surface area contributed by atoms with Gasteiger partial charge in [-0.05, 0) is 37.3 Å². The van der Waals surface area contributed by atoms with Gasteiger partial charge >= 0.3 is 5.97 Å². The van der Waals surface area contributed by atoms with Crippen LogP contribution in [0.2, 0.25) is 0 Å². The number of morpholine rings is 1. The molecule has 0 atom stereocenters. The fraction of sp³-hybridized carbons (Fsp3) is 0.364. The average molecular weight is 428 g/mol. The van der Waals surface area contributed by atoms with Gasteiger partial charge in [0.2, 0.25) is 0 Å². The summed E-state index contributed by atoms with van der Waals surface area (Å²) in [5, 5.41) is 12.5. The number of carboxylic acid groups (broad SMARTS) is 1. The molecular weight excluding hydrogens is 402 g/mol. The van der Waals surface area contributed by atoms with E-state index in [1.165, 1.54) is 0 Å². The van der Waals surface area contributed by atoms with Crippen molar-refractivity contribution in [3.8, 4) is 27.7 Å². The van der Waals surface area contributed by atoms with Crippen molar-refractivity contribution >= 4 is 17.3 Å². The normalized spacial score (nSPS) is 14.7. The molecule has 1 N–H and O–H groups in total. The molecule has 1 saturated heterocycles.